The fourth-order valence-electron chi connectivity index (χ4n) is 3.39. The summed E-state index contributed by atoms with van der Waals surface area (Å²) in [6.45, 7) is 3.54. The molecule has 0 saturated heterocycles. The average Bonchev–Trinajstić information content (AvgIpc) is 3.43. The Bertz CT molecular complexity index is 1060. The summed E-state index contributed by atoms with van der Waals surface area (Å²) in [6, 6.07) is 7.77. The minimum Gasteiger partial charge on any atom is -0.497 e. The van der Waals surface area contributed by atoms with E-state index in [9.17, 15) is 9.59 Å². The molecule has 6 nitrogen and oxygen atoms in total. The highest BCUT2D eigenvalue weighted by Gasteiger charge is 2.34. The van der Waals surface area contributed by atoms with Gasteiger partial charge in [-0.1, -0.05) is 12.1 Å². The van der Waals surface area contributed by atoms with E-state index in [2.05, 4.69) is 15.3 Å². The van der Waals surface area contributed by atoms with Gasteiger partial charge in [0.2, 0.25) is 0 Å². The van der Waals surface area contributed by atoms with Crippen LogP contribution >= 0.6 is 11.3 Å². The molecule has 1 fully saturated rings. The second kappa shape index (κ2) is 6.81. The molecule has 0 aliphatic heterocycles. The predicted molar refractivity (Wildman–Crippen MR) is 106 cm³/mol. The van der Waals surface area contributed by atoms with Crippen molar-refractivity contribution in [1.29, 1.82) is 0 Å². The maximum atomic E-state index is 13.0. The van der Waals surface area contributed by atoms with E-state index >= 15 is 0 Å². The number of hydrogen-bond acceptors (Lipinski definition) is 5. The van der Waals surface area contributed by atoms with Crippen LogP contribution in [0, 0.1) is 19.8 Å². The number of hydrogen-bond donors (Lipinski definition) is 2. The third-order valence-electron chi connectivity index (χ3n) is 4.98. The molecule has 3 aromatic rings. The molecule has 1 saturated carbocycles. The van der Waals surface area contributed by atoms with E-state index in [1.54, 1.807) is 21.0 Å². The number of aryl methyl sites for hydroxylation is 2. The molecule has 140 valence electrons. The minimum absolute atomic E-state index is 0.0407. The summed E-state index contributed by atoms with van der Waals surface area (Å²) in [7, 11) is 1.64. The van der Waals surface area contributed by atoms with Gasteiger partial charge in [-0.2, -0.15) is 0 Å². The van der Waals surface area contributed by atoms with Crippen molar-refractivity contribution in [2.75, 3.05) is 7.11 Å². The SMILES string of the molecule is COc1ccc([C@H](NC(=O)c2sc3nc(C)[nH]c(=O)c3c2C)C2CC2)cc1. The number of H-pyrrole nitrogens is 1. The number of carbonyl (C=O) groups is 1. The summed E-state index contributed by atoms with van der Waals surface area (Å²) in [4.78, 5) is 33.5. The number of nitrogens with zero attached hydrogens (tertiary/aromatic N) is 1. The van der Waals surface area contributed by atoms with Gasteiger partial charge in [0.1, 0.15) is 16.4 Å². The van der Waals surface area contributed by atoms with Crippen LogP contribution < -0.4 is 15.6 Å². The highest BCUT2D eigenvalue weighted by Crippen LogP contribution is 2.41. The second-order valence-electron chi connectivity index (χ2n) is 6.95. The smallest absolute Gasteiger partial charge is 0.262 e. The molecule has 2 heterocycles. The van der Waals surface area contributed by atoms with Gasteiger partial charge in [-0.05, 0) is 55.9 Å². The fourth-order valence-corrected chi connectivity index (χ4v) is 4.52. The van der Waals surface area contributed by atoms with Gasteiger partial charge in [0.25, 0.3) is 11.5 Å². The topological polar surface area (TPSA) is 84.1 Å². The number of amides is 1. The van der Waals surface area contributed by atoms with E-state index in [1.165, 1.54) is 11.3 Å². The highest BCUT2D eigenvalue weighted by molar-refractivity contribution is 7.20. The first-order chi connectivity index (χ1) is 13.0. The number of thiophene rings is 1. The summed E-state index contributed by atoms with van der Waals surface area (Å²) in [5, 5.41) is 3.68. The first kappa shape index (κ1) is 17.7. The van der Waals surface area contributed by atoms with Crippen molar-refractivity contribution in [3.05, 3.63) is 56.4 Å². The van der Waals surface area contributed by atoms with Crippen LogP contribution in [0.1, 0.15) is 45.5 Å². The minimum atomic E-state index is -0.195. The van der Waals surface area contributed by atoms with Crippen LogP contribution in [0.5, 0.6) is 5.75 Å². The van der Waals surface area contributed by atoms with E-state index in [1.807, 2.05) is 24.3 Å². The number of methoxy groups -OCH3 is 1. The maximum Gasteiger partial charge on any atom is 0.262 e. The number of benzene rings is 1. The summed E-state index contributed by atoms with van der Waals surface area (Å²) < 4.78 is 5.22. The van der Waals surface area contributed by atoms with Gasteiger partial charge in [-0.3, -0.25) is 9.59 Å². The second-order valence-corrected chi connectivity index (χ2v) is 7.95. The number of fused-ring (bicyclic) bond motifs is 1. The number of aromatic nitrogens is 2. The summed E-state index contributed by atoms with van der Waals surface area (Å²) in [6.07, 6.45) is 2.20. The quantitative estimate of drug-likeness (QED) is 0.706. The lowest BCUT2D eigenvalue weighted by Crippen LogP contribution is -2.29. The van der Waals surface area contributed by atoms with Crippen molar-refractivity contribution < 1.29 is 9.53 Å². The zero-order valence-electron chi connectivity index (χ0n) is 15.5. The van der Waals surface area contributed by atoms with Crippen molar-refractivity contribution in [3.63, 3.8) is 0 Å². The maximum absolute atomic E-state index is 13.0. The number of carbonyl (C=O) groups excluding carboxylic acids is 1. The molecular formula is C20H21N3O3S. The first-order valence-corrected chi connectivity index (χ1v) is 9.74. The Morgan fingerprint density at radius 3 is 2.63 bits per heavy atom. The standard InChI is InChI=1S/C20H21N3O3S/c1-10-15-18(24)21-11(2)22-20(15)27-17(10)19(25)23-16(12-4-5-12)13-6-8-14(26-3)9-7-13/h6-9,12,16H,4-5H2,1-3H3,(H,23,25)(H,21,22,24)/t16-/m1/s1. The molecule has 2 N–H and O–H groups in total. The van der Waals surface area contributed by atoms with E-state index in [4.69, 9.17) is 4.74 Å². The van der Waals surface area contributed by atoms with Crippen molar-refractivity contribution in [2.45, 2.75) is 32.7 Å². The Kier molecular flexibility index (Phi) is 4.47. The molecule has 27 heavy (non-hydrogen) atoms. The van der Waals surface area contributed by atoms with Gasteiger partial charge in [0, 0.05) is 0 Å². The summed E-state index contributed by atoms with van der Waals surface area (Å²) in [5.74, 6) is 1.64. The molecule has 4 rings (SSSR count). The Morgan fingerprint density at radius 2 is 2.00 bits per heavy atom. The van der Waals surface area contributed by atoms with Crippen molar-refractivity contribution in [3.8, 4) is 5.75 Å². The third kappa shape index (κ3) is 3.35. The molecule has 0 spiro atoms. The third-order valence-corrected chi connectivity index (χ3v) is 6.16. The average molecular weight is 383 g/mol. The van der Waals surface area contributed by atoms with Gasteiger partial charge in [0.05, 0.1) is 23.4 Å². The molecule has 7 heteroatoms. The lowest BCUT2D eigenvalue weighted by molar-refractivity contribution is 0.0935. The largest absolute Gasteiger partial charge is 0.497 e. The molecule has 1 aromatic carbocycles. The lowest BCUT2D eigenvalue weighted by atomic mass is 10.0. The van der Waals surface area contributed by atoms with Gasteiger partial charge >= 0.3 is 0 Å². The van der Waals surface area contributed by atoms with Gasteiger partial charge in [-0.25, -0.2) is 4.98 Å². The van der Waals surface area contributed by atoms with Crippen molar-refractivity contribution in [2.24, 2.45) is 5.92 Å². The Morgan fingerprint density at radius 1 is 1.30 bits per heavy atom. The van der Waals surface area contributed by atoms with E-state index in [-0.39, 0.29) is 17.5 Å². The van der Waals surface area contributed by atoms with Crippen LogP contribution in [-0.4, -0.2) is 23.0 Å². The zero-order chi connectivity index (χ0) is 19.1. The Labute approximate surface area is 160 Å². The summed E-state index contributed by atoms with van der Waals surface area (Å²) in [5.41, 5.74) is 1.56. The predicted octanol–water partition coefficient (Wildman–Crippen LogP) is 3.49. The van der Waals surface area contributed by atoms with Gasteiger partial charge < -0.3 is 15.0 Å². The zero-order valence-corrected chi connectivity index (χ0v) is 16.3. The van der Waals surface area contributed by atoms with E-state index in [0.29, 0.717) is 32.4 Å². The van der Waals surface area contributed by atoms with E-state index in [0.717, 1.165) is 24.2 Å². The molecular weight excluding hydrogens is 362 g/mol. The molecule has 1 amide bonds. The molecule has 1 atom stereocenters. The molecule has 0 bridgehead atoms. The van der Waals surface area contributed by atoms with Crippen LogP contribution in [0.4, 0.5) is 0 Å². The number of ether oxygens (including phenoxy) is 1. The normalized spacial score (nSPS) is 14.9. The number of nitrogens with one attached hydrogen (secondary N) is 2. The Balaban J connectivity index is 1.65. The van der Waals surface area contributed by atoms with Crippen molar-refractivity contribution >= 4 is 27.5 Å². The first-order valence-electron chi connectivity index (χ1n) is 8.92. The number of aromatic amines is 1. The Hall–Kier alpha value is -2.67. The molecule has 0 unspecified atom stereocenters. The summed E-state index contributed by atoms with van der Waals surface area (Å²) >= 11 is 1.27. The highest BCUT2D eigenvalue weighted by atomic mass is 32.1. The number of rotatable bonds is 5. The van der Waals surface area contributed by atoms with E-state index < -0.39 is 0 Å². The van der Waals surface area contributed by atoms with Crippen LogP contribution in [0.15, 0.2) is 29.1 Å². The van der Waals surface area contributed by atoms with Gasteiger partial charge in [-0.15, -0.1) is 11.3 Å². The van der Waals surface area contributed by atoms with Crippen LogP contribution in [0.3, 0.4) is 0 Å². The van der Waals surface area contributed by atoms with Crippen LogP contribution in [-0.2, 0) is 0 Å². The van der Waals surface area contributed by atoms with Crippen molar-refractivity contribution in [1.82, 2.24) is 15.3 Å². The fraction of sp³-hybridized carbons (Fsp3) is 0.350. The van der Waals surface area contributed by atoms with Crippen LogP contribution in [0.25, 0.3) is 10.2 Å². The van der Waals surface area contributed by atoms with Gasteiger partial charge in [0.15, 0.2) is 0 Å². The molecule has 1 aliphatic carbocycles. The molecule has 2 aromatic heterocycles. The molecule has 0 radical (unpaired) electrons. The van der Waals surface area contributed by atoms with Crippen LogP contribution in [0.2, 0.25) is 0 Å². The molecule has 1 aliphatic rings. The monoisotopic (exact) mass is 383 g/mol. The lowest BCUT2D eigenvalue weighted by Gasteiger charge is -2.19.